The van der Waals surface area contributed by atoms with E-state index in [-0.39, 0.29) is 23.0 Å². The number of benzene rings is 3. The molecular formula is C33H31F2N5O2. The van der Waals surface area contributed by atoms with Crippen LogP contribution >= 0.6 is 0 Å². The fourth-order valence-corrected chi connectivity index (χ4v) is 4.77. The maximum atomic E-state index is 15.3. The lowest BCUT2D eigenvalue weighted by Crippen LogP contribution is -2.52. The highest BCUT2D eigenvalue weighted by Crippen LogP contribution is 2.29. The lowest BCUT2D eigenvalue weighted by atomic mass is 9.99. The summed E-state index contributed by atoms with van der Waals surface area (Å²) in [6.45, 7) is 0.744. The molecule has 0 saturated carbocycles. The summed E-state index contributed by atoms with van der Waals surface area (Å²) in [5.74, 6) is -1.39. The van der Waals surface area contributed by atoms with Gasteiger partial charge in [0.05, 0.1) is 42.2 Å². The van der Waals surface area contributed by atoms with E-state index >= 15 is 4.39 Å². The molecule has 2 heterocycles. The fourth-order valence-electron chi connectivity index (χ4n) is 4.77. The van der Waals surface area contributed by atoms with Crippen LogP contribution in [0.3, 0.4) is 0 Å². The molecule has 0 aliphatic carbocycles. The molecule has 0 aliphatic heterocycles. The SMILES string of the molecule is CN[C@H](COCc1ccccc1)[C@@H](Cc1ccccn1)NC(=O)c1cccc(F)c1-c1cc(-c2ccc(F)cc2)n[nH]1. The minimum absolute atomic E-state index is 0.0915. The first-order chi connectivity index (χ1) is 20.5. The summed E-state index contributed by atoms with van der Waals surface area (Å²) in [7, 11) is 1.81. The summed E-state index contributed by atoms with van der Waals surface area (Å²) < 4.78 is 34.7. The topological polar surface area (TPSA) is 91.9 Å². The monoisotopic (exact) mass is 567 g/mol. The molecule has 2 atom stereocenters. The number of aromatic amines is 1. The van der Waals surface area contributed by atoms with Crippen molar-refractivity contribution in [2.24, 2.45) is 0 Å². The van der Waals surface area contributed by atoms with Gasteiger partial charge in [0.2, 0.25) is 0 Å². The maximum Gasteiger partial charge on any atom is 0.252 e. The fraction of sp³-hybridized carbons (Fsp3) is 0.182. The van der Waals surface area contributed by atoms with Crippen molar-refractivity contribution in [3.63, 3.8) is 0 Å². The zero-order valence-corrected chi connectivity index (χ0v) is 23.1. The van der Waals surface area contributed by atoms with E-state index in [1.165, 1.54) is 24.3 Å². The number of carbonyl (C=O) groups is 1. The number of nitrogens with one attached hydrogen (secondary N) is 3. The Morgan fingerprint density at radius 3 is 2.45 bits per heavy atom. The summed E-state index contributed by atoms with van der Waals surface area (Å²) in [5, 5.41) is 13.5. The van der Waals surface area contributed by atoms with Gasteiger partial charge in [-0.3, -0.25) is 14.9 Å². The summed E-state index contributed by atoms with van der Waals surface area (Å²) >= 11 is 0. The van der Waals surface area contributed by atoms with Gasteiger partial charge in [0, 0.05) is 29.4 Å². The van der Waals surface area contributed by atoms with Crippen LogP contribution in [0.25, 0.3) is 22.5 Å². The van der Waals surface area contributed by atoms with Gasteiger partial charge in [0.1, 0.15) is 11.6 Å². The number of halogens is 2. The standard InChI is InChI=1S/C33H31F2N5O2/c1-36-31(21-42-20-22-8-3-2-4-9-22)29(18-25-10-5-6-17-37-25)38-33(41)26-11-7-12-27(35)32(26)30-19-28(39-40-30)23-13-15-24(34)16-14-23/h2-17,19,29,31,36H,18,20-21H2,1H3,(H,38,41)(H,39,40)/t29-,31-/m1/s1. The van der Waals surface area contributed by atoms with E-state index in [4.69, 9.17) is 4.74 Å². The van der Waals surface area contributed by atoms with Crippen LogP contribution < -0.4 is 10.6 Å². The van der Waals surface area contributed by atoms with Crippen molar-refractivity contribution in [2.75, 3.05) is 13.7 Å². The average molecular weight is 568 g/mol. The number of amides is 1. The molecule has 0 radical (unpaired) electrons. The second kappa shape index (κ2) is 13.8. The first-order valence-electron chi connectivity index (χ1n) is 13.6. The normalized spacial score (nSPS) is 12.5. The molecule has 0 aliphatic rings. The predicted molar refractivity (Wildman–Crippen MR) is 158 cm³/mol. The Kier molecular flexibility index (Phi) is 9.43. The summed E-state index contributed by atoms with van der Waals surface area (Å²) in [4.78, 5) is 18.2. The Labute approximate surface area is 243 Å². The van der Waals surface area contributed by atoms with Gasteiger partial charge in [-0.25, -0.2) is 8.78 Å². The van der Waals surface area contributed by atoms with Gasteiger partial charge >= 0.3 is 0 Å². The molecule has 0 spiro atoms. The van der Waals surface area contributed by atoms with Gasteiger partial charge < -0.3 is 15.4 Å². The molecule has 3 N–H and O–H groups in total. The third-order valence-electron chi connectivity index (χ3n) is 6.98. The predicted octanol–water partition coefficient (Wildman–Crippen LogP) is 5.56. The van der Waals surface area contributed by atoms with Gasteiger partial charge in [0.15, 0.2) is 0 Å². The molecule has 1 amide bonds. The smallest absolute Gasteiger partial charge is 0.252 e. The van der Waals surface area contributed by atoms with E-state index in [1.54, 1.807) is 30.5 Å². The molecular weight excluding hydrogens is 536 g/mol. The third-order valence-corrected chi connectivity index (χ3v) is 6.98. The number of nitrogens with zero attached hydrogens (tertiary/aromatic N) is 2. The number of hydrogen-bond donors (Lipinski definition) is 3. The van der Waals surface area contributed by atoms with Crippen molar-refractivity contribution in [3.05, 3.63) is 132 Å². The van der Waals surface area contributed by atoms with E-state index in [9.17, 15) is 9.18 Å². The lowest BCUT2D eigenvalue weighted by Gasteiger charge is -2.28. The number of H-pyrrole nitrogens is 1. The molecule has 0 bridgehead atoms. The average Bonchev–Trinajstić information content (AvgIpc) is 3.50. The first-order valence-corrected chi connectivity index (χ1v) is 13.6. The molecule has 5 rings (SSSR count). The van der Waals surface area contributed by atoms with Gasteiger partial charge in [0.25, 0.3) is 5.91 Å². The first kappa shape index (κ1) is 28.8. The number of rotatable bonds is 12. The highest BCUT2D eigenvalue weighted by atomic mass is 19.1. The highest BCUT2D eigenvalue weighted by molar-refractivity contribution is 6.01. The summed E-state index contributed by atoms with van der Waals surface area (Å²) in [5.41, 5.74) is 3.56. The van der Waals surface area contributed by atoms with Crippen LogP contribution in [0.5, 0.6) is 0 Å². The molecule has 7 nitrogen and oxygen atoms in total. The van der Waals surface area contributed by atoms with Gasteiger partial charge in [-0.05, 0) is 67.2 Å². The largest absolute Gasteiger partial charge is 0.375 e. The zero-order chi connectivity index (χ0) is 29.3. The summed E-state index contributed by atoms with van der Waals surface area (Å²) in [6.07, 6.45) is 2.13. The van der Waals surface area contributed by atoms with Crippen molar-refractivity contribution in [2.45, 2.75) is 25.1 Å². The number of carbonyl (C=O) groups excluding carboxylic acids is 1. The van der Waals surface area contributed by atoms with Crippen molar-refractivity contribution >= 4 is 5.91 Å². The van der Waals surface area contributed by atoms with Crippen molar-refractivity contribution in [1.82, 2.24) is 25.8 Å². The van der Waals surface area contributed by atoms with Gasteiger partial charge in [-0.1, -0.05) is 42.5 Å². The zero-order valence-electron chi connectivity index (χ0n) is 23.1. The number of hydrogen-bond acceptors (Lipinski definition) is 5. The minimum Gasteiger partial charge on any atom is -0.375 e. The Balaban J connectivity index is 1.39. The molecule has 214 valence electrons. The Morgan fingerprint density at radius 2 is 1.71 bits per heavy atom. The Bertz CT molecular complexity index is 1590. The van der Waals surface area contributed by atoms with E-state index in [1.807, 2.05) is 55.6 Å². The van der Waals surface area contributed by atoms with Crippen LogP contribution in [0.4, 0.5) is 8.78 Å². The molecule has 9 heteroatoms. The quantitative estimate of drug-likeness (QED) is 0.184. The molecule has 0 fully saturated rings. The highest BCUT2D eigenvalue weighted by Gasteiger charge is 2.26. The molecule has 0 unspecified atom stereocenters. The van der Waals surface area contributed by atoms with Crippen molar-refractivity contribution in [1.29, 1.82) is 0 Å². The van der Waals surface area contributed by atoms with E-state index in [0.717, 1.165) is 11.3 Å². The van der Waals surface area contributed by atoms with Crippen LogP contribution in [0, 0.1) is 11.6 Å². The Morgan fingerprint density at radius 1 is 0.929 bits per heavy atom. The van der Waals surface area contributed by atoms with Crippen LogP contribution in [0.15, 0.2) is 103 Å². The number of pyridine rings is 1. The van der Waals surface area contributed by atoms with Crippen LogP contribution in [-0.4, -0.2) is 46.8 Å². The van der Waals surface area contributed by atoms with Gasteiger partial charge in [-0.15, -0.1) is 0 Å². The minimum atomic E-state index is -0.574. The molecule has 0 saturated heterocycles. The van der Waals surface area contributed by atoms with Crippen LogP contribution in [0.2, 0.25) is 0 Å². The van der Waals surface area contributed by atoms with E-state index in [2.05, 4.69) is 25.8 Å². The van der Waals surface area contributed by atoms with Crippen molar-refractivity contribution in [3.8, 4) is 22.5 Å². The Hall–Kier alpha value is -4.73. The van der Waals surface area contributed by atoms with E-state index in [0.29, 0.717) is 36.6 Å². The second-order valence-electron chi connectivity index (χ2n) is 9.84. The van der Waals surface area contributed by atoms with Crippen LogP contribution in [-0.2, 0) is 17.8 Å². The van der Waals surface area contributed by atoms with Crippen LogP contribution in [0.1, 0.15) is 21.6 Å². The second-order valence-corrected chi connectivity index (χ2v) is 9.84. The number of aromatic nitrogens is 3. The molecule has 5 aromatic rings. The van der Waals surface area contributed by atoms with Crippen molar-refractivity contribution < 1.29 is 18.3 Å². The number of likely N-dealkylation sites (N-methyl/N-ethyl adjacent to an activating group) is 1. The molecule has 2 aromatic heterocycles. The summed E-state index contributed by atoms with van der Waals surface area (Å²) in [6, 6.07) is 26.6. The maximum absolute atomic E-state index is 15.3. The van der Waals surface area contributed by atoms with Gasteiger partial charge in [-0.2, -0.15) is 5.10 Å². The number of ether oxygens (including phenoxy) is 1. The molecule has 3 aromatic carbocycles. The lowest BCUT2D eigenvalue weighted by molar-refractivity contribution is 0.0799. The third kappa shape index (κ3) is 7.12. The van der Waals surface area contributed by atoms with E-state index < -0.39 is 17.8 Å². The molecule has 42 heavy (non-hydrogen) atoms.